The second-order valence-corrected chi connectivity index (χ2v) is 12.6. The van der Waals surface area contributed by atoms with Gasteiger partial charge in [-0.3, -0.25) is 14.4 Å². The molecule has 5 rings (SSSR count). The predicted octanol–water partition coefficient (Wildman–Crippen LogP) is 3.19. The van der Waals surface area contributed by atoms with Crippen molar-refractivity contribution in [2.45, 2.75) is 109 Å². The fourth-order valence-corrected chi connectivity index (χ4v) is 8.33. The molecule has 2 aliphatic carbocycles. The van der Waals surface area contributed by atoms with E-state index in [1.165, 1.54) is 13.8 Å². The molecule has 3 aliphatic heterocycles. The minimum atomic E-state index is -0.980. The van der Waals surface area contributed by atoms with Crippen LogP contribution < -0.4 is 0 Å². The zero-order valence-electron chi connectivity index (χ0n) is 23.8. The summed E-state index contributed by atoms with van der Waals surface area (Å²) in [5.41, 5.74) is -3.80. The van der Waals surface area contributed by atoms with Gasteiger partial charge >= 0.3 is 23.9 Å². The molecule has 10 nitrogen and oxygen atoms in total. The summed E-state index contributed by atoms with van der Waals surface area (Å²) in [5.74, 6) is -1.95. The highest BCUT2D eigenvalue weighted by atomic mass is 16.6. The lowest BCUT2D eigenvalue weighted by Gasteiger charge is -2.70. The zero-order chi connectivity index (χ0) is 28.4. The van der Waals surface area contributed by atoms with Gasteiger partial charge in [0.1, 0.15) is 36.6 Å². The Hall–Kier alpha value is -2.46. The maximum atomic E-state index is 13.3. The molecule has 0 radical (unpaired) electrons. The molecule has 5 fully saturated rings. The zero-order valence-corrected chi connectivity index (χ0v) is 23.8. The molecule has 0 amide bonds. The van der Waals surface area contributed by atoms with Gasteiger partial charge in [0.25, 0.3) is 0 Å². The Morgan fingerprint density at radius 3 is 2.31 bits per heavy atom. The largest absolute Gasteiger partial charge is 0.465 e. The van der Waals surface area contributed by atoms with Crippen LogP contribution in [0.4, 0.5) is 0 Å². The van der Waals surface area contributed by atoms with E-state index in [0.717, 1.165) is 12.8 Å². The number of esters is 4. The van der Waals surface area contributed by atoms with Crippen molar-refractivity contribution in [1.82, 2.24) is 0 Å². The van der Waals surface area contributed by atoms with Crippen molar-refractivity contribution in [2.24, 2.45) is 16.7 Å². The topological polar surface area (TPSA) is 127 Å². The van der Waals surface area contributed by atoms with Crippen molar-refractivity contribution in [2.75, 3.05) is 19.8 Å². The molecule has 0 aromatic rings. The number of hydrogen-bond donors (Lipinski definition) is 0. The lowest BCUT2D eigenvalue weighted by molar-refractivity contribution is -0.350. The van der Waals surface area contributed by atoms with E-state index in [2.05, 4.69) is 6.92 Å². The summed E-state index contributed by atoms with van der Waals surface area (Å²) in [6.07, 6.45) is 3.22. The Balaban J connectivity index is 1.68. The first-order chi connectivity index (χ1) is 18.3. The van der Waals surface area contributed by atoms with Crippen LogP contribution in [0.15, 0.2) is 11.6 Å². The molecular weight excluding hydrogens is 508 g/mol. The van der Waals surface area contributed by atoms with Gasteiger partial charge in [0.05, 0.1) is 24.0 Å². The minimum Gasteiger partial charge on any atom is -0.465 e. The van der Waals surface area contributed by atoms with E-state index in [1.807, 2.05) is 6.92 Å². The van der Waals surface area contributed by atoms with Gasteiger partial charge < -0.3 is 28.4 Å². The first-order valence-electron chi connectivity index (χ1n) is 13.9. The SMILES string of the molecule is C/C=C(\C)C(=O)O[C@H]1C[C@]2(C)O[C@@]3(COC(=O)C3)C[C@@H](OC(C)=O)[C@]2(C)[C@H]2CCC[C@]3(CO3)[C@]12COC(C)=O. The van der Waals surface area contributed by atoms with Crippen LogP contribution >= 0.6 is 0 Å². The molecule has 0 unspecified atom stereocenters. The van der Waals surface area contributed by atoms with Gasteiger partial charge in [0, 0.05) is 37.7 Å². The monoisotopic (exact) mass is 548 g/mol. The Morgan fingerprint density at radius 1 is 1.03 bits per heavy atom. The highest BCUT2D eigenvalue weighted by Crippen LogP contribution is 2.72. The van der Waals surface area contributed by atoms with Crippen LogP contribution in [0, 0.1) is 16.7 Å². The number of epoxide rings is 1. The van der Waals surface area contributed by atoms with Crippen molar-refractivity contribution in [3.63, 3.8) is 0 Å². The summed E-state index contributed by atoms with van der Waals surface area (Å²) in [7, 11) is 0. The molecule has 2 spiro atoms. The smallest absolute Gasteiger partial charge is 0.333 e. The standard InChI is InChI=1S/C29H40O10/c1-7-17(2)24(33)38-22-11-25(5)26(6,21(37-19(4)31)12-27(39-25)13-23(32)35-14-27)20-9-8-10-28(15-36-28)29(20,22)16-34-18(3)30/h7,20-22H,8-16H2,1-6H3/b17-7+/t20-,21-,22+,25+,26+,27+,28+,29+/m1/s1. The van der Waals surface area contributed by atoms with Crippen LogP contribution in [0.3, 0.4) is 0 Å². The third-order valence-corrected chi connectivity index (χ3v) is 10.5. The van der Waals surface area contributed by atoms with Gasteiger partial charge in [0.15, 0.2) is 0 Å². The molecule has 0 aromatic carbocycles. The van der Waals surface area contributed by atoms with Gasteiger partial charge in [-0.1, -0.05) is 19.4 Å². The molecule has 5 aliphatic rings. The van der Waals surface area contributed by atoms with E-state index in [9.17, 15) is 19.2 Å². The highest BCUT2D eigenvalue weighted by Gasteiger charge is 2.81. The Kier molecular flexibility index (Phi) is 6.69. The summed E-state index contributed by atoms with van der Waals surface area (Å²) in [4.78, 5) is 50.2. The molecule has 2 saturated carbocycles. The fraction of sp³-hybridized carbons (Fsp3) is 0.793. The first kappa shape index (κ1) is 28.1. The predicted molar refractivity (Wildman–Crippen MR) is 135 cm³/mol. The molecule has 0 N–H and O–H groups in total. The molecule has 216 valence electrons. The maximum Gasteiger partial charge on any atom is 0.333 e. The van der Waals surface area contributed by atoms with Gasteiger partial charge in [0.2, 0.25) is 0 Å². The van der Waals surface area contributed by atoms with Crippen molar-refractivity contribution < 1.29 is 47.6 Å². The molecule has 3 heterocycles. The van der Waals surface area contributed by atoms with Gasteiger partial charge in [-0.25, -0.2) is 4.79 Å². The van der Waals surface area contributed by atoms with Crippen molar-refractivity contribution in [3.05, 3.63) is 11.6 Å². The summed E-state index contributed by atoms with van der Waals surface area (Å²) in [6.45, 7) is 10.8. The Bertz CT molecular complexity index is 1110. The second-order valence-electron chi connectivity index (χ2n) is 12.6. The summed E-state index contributed by atoms with van der Waals surface area (Å²) in [5, 5.41) is 0. The minimum absolute atomic E-state index is 0.00499. The number of rotatable bonds is 5. The van der Waals surface area contributed by atoms with Crippen LogP contribution in [0.2, 0.25) is 0 Å². The van der Waals surface area contributed by atoms with Crippen LogP contribution in [0.1, 0.15) is 80.1 Å². The van der Waals surface area contributed by atoms with Gasteiger partial charge in [-0.2, -0.15) is 0 Å². The van der Waals surface area contributed by atoms with E-state index < -0.39 is 57.7 Å². The number of carbonyl (C=O) groups excluding carboxylic acids is 4. The highest BCUT2D eigenvalue weighted by molar-refractivity contribution is 5.87. The Morgan fingerprint density at radius 2 is 1.74 bits per heavy atom. The van der Waals surface area contributed by atoms with E-state index >= 15 is 0 Å². The molecule has 3 saturated heterocycles. The first-order valence-corrected chi connectivity index (χ1v) is 13.9. The average Bonchev–Trinajstić information content (AvgIpc) is 3.54. The third-order valence-electron chi connectivity index (χ3n) is 10.5. The quantitative estimate of drug-likeness (QED) is 0.219. The van der Waals surface area contributed by atoms with Crippen LogP contribution in [-0.2, 0) is 47.6 Å². The third kappa shape index (κ3) is 4.12. The molecule has 0 bridgehead atoms. The maximum absolute atomic E-state index is 13.3. The summed E-state index contributed by atoms with van der Waals surface area (Å²) < 4.78 is 36.6. The second kappa shape index (κ2) is 9.29. The fourth-order valence-electron chi connectivity index (χ4n) is 8.33. The number of carbonyl (C=O) groups is 4. The Labute approximate surface area is 229 Å². The van der Waals surface area contributed by atoms with Gasteiger partial charge in [-0.05, 0) is 39.5 Å². The molecule has 0 aromatic heterocycles. The van der Waals surface area contributed by atoms with Crippen LogP contribution in [0.5, 0.6) is 0 Å². The number of ether oxygens (including phenoxy) is 6. The van der Waals surface area contributed by atoms with E-state index in [0.29, 0.717) is 25.0 Å². The normalized spacial score (nSPS) is 44.7. The van der Waals surface area contributed by atoms with Crippen molar-refractivity contribution in [1.29, 1.82) is 0 Å². The number of fused-ring (bicyclic) bond motifs is 4. The summed E-state index contributed by atoms with van der Waals surface area (Å²) in [6, 6.07) is 0. The lowest BCUT2D eigenvalue weighted by atomic mass is 9.40. The molecule has 8 atom stereocenters. The van der Waals surface area contributed by atoms with Crippen molar-refractivity contribution >= 4 is 23.9 Å². The molecular formula is C29H40O10. The van der Waals surface area contributed by atoms with Crippen LogP contribution in [-0.4, -0.2) is 72.7 Å². The van der Waals surface area contributed by atoms with Gasteiger partial charge in [-0.15, -0.1) is 0 Å². The van der Waals surface area contributed by atoms with E-state index in [-0.39, 0.29) is 37.9 Å². The number of hydrogen-bond acceptors (Lipinski definition) is 10. The number of cyclic esters (lactones) is 1. The average molecular weight is 549 g/mol. The van der Waals surface area contributed by atoms with Crippen molar-refractivity contribution in [3.8, 4) is 0 Å². The van der Waals surface area contributed by atoms with E-state index in [4.69, 9.17) is 28.4 Å². The number of allylic oxidation sites excluding steroid dienone is 1. The van der Waals surface area contributed by atoms with E-state index in [1.54, 1.807) is 19.9 Å². The molecule has 39 heavy (non-hydrogen) atoms. The van der Waals surface area contributed by atoms with Crippen LogP contribution in [0.25, 0.3) is 0 Å². The summed E-state index contributed by atoms with van der Waals surface area (Å²) >= 11 is 0. The lowest BCUT2D eigenvalue weighted by Crippen LogP contribution is -2.78. The molecule has 10 heteroatoms.